The smallest absolute Gasteiger partial charge is 0.257 e. The van der Waals surface area contributed by atoms with E-state index in [2.05, 4.69) is 5.10 Å². The molecular weight excluding hydrogens is 392 g/mol. The van der Waals surface area contributed by atoms with Gasteiger partial charge in [0.2, 0.25) is 10.0 Å². The molecule has 0 bridgehead atoms. The van der Waals surface area contributed by atoms with Crippen molar-refractivity contribution in [3.63, 3.8) is 0 Å². The number of hydrogen-bond donors (Lipinski definition) is 0. The highest BCUT2D eigenvalue weighted by atomic mass is 32.2. The lowest BCUT2D eigenvalue weighted by molar-refractivity contribution is 0.0694. The van der Waals surface area contributed by atoms with Crippen LogP contribution in [0.5, 0.6) is 5.75 Å². The van der Waals surface area contributed by atoms with E-state index >= 15 is 0 Å². The quantitative estimate of drug-likeness (QED) is 0.741. The summed E-state index contributed by atoms with van der Waals surface area (Å²) in [6.45, 7) is 8.59. The molecule has 0 N–H and O–H groups in total. The molecule has 1 amide bonds. The van der Waals surface area contributed by atoms with Crippen LogP contribution in [0.4, 0.5) is 0 Å². The third-order valence-electron chi connectivity index (χ3n) is 5.21. The molecule has 2 heterocycles. The van der Waals surface area contributed by atoms with Gasteiger partial charge in [0, 0.05) is 32.2 Å². The minimum Gasteiger partial charge on any atom is -0.496 e. The summed E-state index contributed by atoms with van der Waals surface area (Å²) in [4.78, 5) is 14.8. The minimum atomic E-state index is -3.68. The van der Waals surface area contributed by atoms with Gasteiger partial charge >= 0.3 is 0 Å². The number of aromatic nitrogens is 2. The van der Waals surface area contributed by atoms with Crippen molar-refractivity contribution in [2.45, 2.75) is 38.6 Å². The molecule has 29 heavy (non-hydrogen) atoms. The number of piperazine rings is 1. The third kappa shape index (κ3) is 3.89. The van der Waals surface area contributed by atoms with Crippen LogP contribution in [-0.2, 0) is 10.0 Å². The Morgan fingerprint density at radius 3 is 2.28 bits per heavy atom. The highest BCUT2D eigenvalue weighted by Gasteiger charge is 2.35. The van der Waals surface area contributed by atoms with E-state index in [1.54, 1.807) is 41.6 Å². The van der Waals surface area contributed by atoms with Crippen molar-refractivity contribution in [3.05, 3.63) is 41.2 Å². The van der Waals surface area contributed by atoms with Crippen LogP contribution in [0.2, 0.25) is 0 Å². The molecule has 2 aromatic rings. The maximum absolute atomic E-state index is 13.3. The van der Waals surface area contributed by atoms with Gasteiger partial charge in [-0.25, -0.2) is 8.42 Å². The van der Waals surface area contributed by atoms with Gasteiger partial charge in [-0.1, -0.05) is 12.1 Å². The lowest BCUT2D eigenvalue weighted by atomic mass is 10.1. The van der Waals surface area contributed by atoms with Crippen LogP contribution in [0.1, 0.15) is 41.6 Å². The number of hydrogen-bond acceptors (Lipinski definition) is 5. The zero-order valence-electron chi connectivity index (χ0n) is 17.5. The molecule has 9 heteroatoms. The monoisotopic (exact) mass is 420 g/mol. The van der Waals surface area contributed by atoms with Crippen molar-refractivity contribution in [3.8, 4) is 5.75 Å². The fourth-order valence-corrected chi connectivity index (χ4v) is 5.56. The van der Waals surface area contributed by atoms with Crippen LogP contribution in [0.15, 0.2) is 29.2 Å². The fourth-order valence-electron chi connectivity index (χ4n) is 3.78. The fraction of sp³-hybridized carbons (Fsp3) is 0.500. The molecular formula is C20H28N4O4S. The number of ether oxygens (including phenoxy) is 1. The third-order valence-corrected chi connectivity index (χ3v) is 7.36. The molecule has 0 atom stereocenters. The first kappa shape index (κ1) is 21.3. The van der Waals surface area contributed by atoms with Gasteiger partial charge in [-0.05, 0) is 39.8 Å². The van der Waals surface area contributed by atoms with Crippen LogP contribution >= 0.6 is 0 Å². The molecule has 0 unspecified atom stereocenters. The van der Waals surface area contributed by atoms with E-state index in [4.69, 9.17) is 4.74 Å². The molecule has 0 aliphatic carbocycles. The largest absolute Gasteiger partial charge is 0.496 e. The topological polar surface area (TPSA) is 84.7 Å². The second kappa shape index (κ2) is 8.16. The average molecular weight is 421 g/mol. The summed E-state index contributed by atoms with van der Waals surface area (Å²) in [5.41, 5.74) is 1.63. The van der Waals surface area contributed by atoms with Gasteiger partial charge in [0.25, 0.3) is 5.91 Å². The van der Waals surface area contributed by atoms with Crippen LogP contribution in [0, 0.1) is 13.8 Å². The zero-order chi connectivity index (χ0) is 21.3. The Morgan fingerprint density at radius 2 is 1.72 bits per heavy atom. The molecule has 1 aliphatic heterocycles. The molecule has 0 saturated carbocycles. The maximum Gasteiger partial charge on any atom is 0.257 e. The SMILES string of the molecule is COc1ccccc1C(=O)N1CCN(S(=O)(=O)c2c(C)nn(C(C)C)c2C)CC1. The Bertz CT molecular complexity index is 1010. The van der Waals surface area contributed by atoms with Crippen molar-refractivity contribution in [2.24, 2.45) is 0 Å². The molecule has 0 spiro atoms. The summed E-state index contributed by atoms with van der Waals surface area (Å²) in [5.74, 6) is 0.361. The number of methoxy groups -OCH3 is 1. The Morgan fingerprint density at radius 1 is 1.10 bits per heavy atom. The van der Waals surface area contributed by atoms with E-state index in [9.17, 15) is 13.2 Å². The van der Waals surface area contributed by atoms with E-state index in [-0.39, 0.29) is 29.9 Å². The van der Waals surface area contributed by atoms with Crippen LogP contribution < -0.4 is 4.74 Å². The number of rotatable bonds is 5. The second-order valence-corrected chi connectivity index (χ2v) is 9.31. The Kier molecular flexibility index (Phi) is 6.00. The number of nitrogens with zero attached hydrogens (tertiary/aromatic N) is 4. The summed E-state index contributed by atoms with van der Waals surface area (Å²) in [5, 5.41) is 4.41. The summed E-state index contributed by atoms with van der Waals surface area (Å²) >= 11 is 0. The highest BCUT2D eigenvalue weighted by Crippen LogP contribution is 2.27. The van der Waals surface area contributed by atoms with Crippen LogP contribution in [0.3, 0.4) is 0 Å². The Balaban J connectivity index is 1.78. The predicted octanol–water partition coefficient (Wildman–Crippen LogP) is 2.24. The number of para-hydroxylation sites is 1. The first-order chi connectivity index (χ1) is 13.7. The maximum atomic E-state index is 13.3. The van der Waals surface area contributed by atoms with Crippen molar-refractivity contribution in [2.75, 3.05) is 33.3 Å². The Labute approximate surface area is 172 Å². The second-order valence-electron chi connectivity index (χ2n) is 7.43. The number of aryl methyl sites for hydroxylation is 1. The molecule has 0 radical (unpaired) electrons. The lowest BCUT2D eigenvalue weighted by Gasteiger charge is -2.34. The average Bonchev–Trinajstić information content (AvgIpc) is 3.02. The zero-order valence-corrected chi connectivity index (χ0v) is 18.4. The molecule has 158 valence electrons. The molecule has 1 aromatic heterocycles. The highest BCUT2D eigenvalue weighted by molar-refractivity contribution is 7.89. The normalized spacial score (nSPS) is 15.7. The van der Waals surface area contributed by atoms with Gasteiger partial charge in [-0.3, -0.25) is 9.48 Å². The molecule has 1 aromatic carbocycles. The van der Waals surface area contributed by atoms with Gasteiger partial charge in [-0.2, -0.15) is 9.40 Å². The number of sulfonamides is 1. The molecule has 8 nitrogen and oxygen atoms in total. The van der Waals surface area contributed by atoms with E-state index in [1.165, 1.54) is 11.4 Å². The van der Waals surface area contributed by atoms with Crippen LogP contribution in [-0.4, -0.2) is 66.6 Å². The number of carbonyl (C=O) groups is 1. The van der Waals surface area contributed by atoms with Crippen molar-refractivity contribution < 1.29 is 17.9 Å². The lowest BCUT2D eigenvalue weighted by Crippen LogP contribution is -2.50. The molecule has 1 fully saturated rings. The first-order valence-electron chi connectivity index (χ1n) is 9.66. The summed E-state index contributed by atoms with van der Waals surface area (Å²) in [6, 6.07) is 7.13. The van der Waals surface area contributed by atoms with Crippen molar-refractivity contribution >= 4 is 15.9 Å². The minimum absolute atomic E-state index is 0.0768. The summed E-state index contributed by atoms with van der Waals surface area (Å²) in [7, 11) is -2.15. The predicted molar refractivity (Wildman–Crippen MR) is 110 cm³/mol. The Hall–Kier alpha value is -2.39. The van der Waals surface area contributed by atoms with Crippen molar-refractivity contribution in [1.82, 2.24) is 19.0 Å². The number of benzene rings is 1. The van der Waals surface area contributed by atoms with Crippen molar-refractivity contribution in [1.29, 1.82) is 0 Å². The van der Waals surface area contributed by atoms with Gasteiger partial charge in [0.1, 0.15) is 10.6 Å². The standard InChI is InChI=1S/C20H28N4O4S/c1-14(2)24-16(4)19(15(3)21-24)29(26,27)23-12-10-22(11-13-23)20(25)17-8-6-7-9-18(17)28-5/h6-9,14H,10-13H2,1-5H3. The number of carbonyl (C=O) groups excluding carboxylic acids is 1. The van der Waals surface area contributed by atoms with Gasteiger partial charge in [0.15, 0.2) is 0 Å². The molecule has 3 rings (SSSR count). The summed E-state index contributed by atoms with van der Waals surface area (Å²) < 4.78 is 35.0. The number of amides is 1. The van der Waals surface area contributed by atoms with Gasteiger partial charge in [0.05, 0.1) is 24.1 Å². The molecule has 1 saturated heterocycles. The van der Waals surface area contributed by atoms with E-state index in [0.29, 0.717) is 35.8 Å². The first-order valence-corrected chi connectivity index (χ1v) is 11.1. The van der Waals surface area contributed by atoms with E-state index in [1.807, 2.05) is 19.9 Å². The van der Waals surface area contributed by atoms with E-state index in [0.717, 1.165) is 0 Å². The molecule has 1 aliphatic rings. The summed E-state index contributed by atoms with van der Waals surface area (Å²) in [6.07, 6.45) is 0. The van der Waals surface area contributed by atoms with Gasteiger partial charge in [-0.15, -0.1) is 0 Å². The van der Waals surface area contributed by atoms with Crippen LogP contribution in [0.25, 0.3) is 0 Å². The van der Waals surface area contributed by atoms with E-state index < -0.39 is 10.0 Å². The van der Waals surface area contributed by atoms with Gasteiger partial charge < -0.3 is 9.64 Å².